The second-order valence-corrected chi connectivity index (χ2v) is 32.7. The molecule has 0 amide bonds. The largest absolute Gasteiger partial charge is 0.491 e. The number of likely N-dealkylation sites (N-methyl/N-ethyl adjacent to an activating group) is 3. The highest BCUT2D eigenvalue weighted by atomic mass is 16.5. The Morgan fingerprint density at radius 2 is 0.467 bits per heavy atom. The highest BCUT2D eigenvalue weighted by Crippen LogP contribution is 2.39. The van der Waals surface area contributed by atoms with E-state index >= 15 is 0 Å². The number of benzene rings is 6. The fourth-order valence-corrected chi connectivity index (χ4v) is 12.7. The van der Waals surface area contributed by atoms with Gasteiger partial charge < -0.3 is 41.9 Å². The van der Waals surface area contributed by atoms with Crippen molar-refractivity contribution < 1.29 is 41.9 Å². The smallest absolute Gasteiger partial charge is 0.119 e. The molecule has 0 atom stereocenters. The van der Waals surface area contributed by atoms with E-state index in [1.807, 2.05) is 0 Å². The second-order valence-electron chi connectivity index (χ2n) is 32.7. The summed E-state index contributed by atoms with van der Waals surface area (Å²) in [6.45, 7) is 46.4. The average molecular weight is 1240 g/mol. The molecule has 0 aliphatic heterocycles. The third-order valence-electron chi connectivity index (χ3n) is 16.2. The van der Waals surface area contributed by atoms with Gasteiger partial charge >= 0.3 is 0 Å². The van der Waals surface area contributed by atoms with E-state index in [4.69, 9.17) is 28.4 Å². The molecule has 0 aliphatic rings. The lowest BCUT2D eigenvalue weighted by Gasteiger charge is -2.33. The van der Waals surface area contributed by atoms with E-state index in [0.29, 0.717) is 55.9 Å². The molecule has 0 saturated heterocycles. The minimum absolute atomic E-state index is 0.157. The number of nitrogens with zero attached hydrogens (tertiary/aromatic N) is 3. The molecule has 9 heteroatoms. The molecule has 0 radical (unpaired) electrons. The maximum atomic E-state index is 5.87. The number of ether oxygens (including phenoxy) is 6. The van der Waals surface area contributed by atoms with Crippen molar-refractivity contribution in [3.63, 3.8) is 0 Å². The van der Waals surface area contributed by atoms with Crippen molar-refractivity contribution >= 4 is 0 Å². The van der Waals surface area contributed by atoms with Gasteiger partial charge in [0.25, 0.3) is 0 Å². The van der Waals surface area contributed by atoms with Gasteiger partial charge in [-0.3, -0.25) is 0 Å². The van der Waals surface area contributed by atoms with Gasteiger partial charge in [0, 0.05) is 16.7 Å². The van der Waals surface area contributed by atoms with Crippen LogP contribution in [0.1, 0.15) is 156 Å². The molecular formula is C81H126N3O6+3. The molecule has 0 aliphatic carbocycles. The molecule has 0 spiro atoms. The van der Waals surface area contributed by atoms with Crippen LogP contribution in [0.2, 0.25) is 0 Å². The molecule has 90 heavy (non-hydrogen) atoms. The highest BCUT2D eigenvalue weighted by molar-refractivity contribution is 5.34. The Labute approximate surface area is 550 Å². The minimum Gasteiger partial charge on any atom is -0.491 e. The summed E-state index contributed by atoms with van der Waals surface area (Å²) < 4.78 is 37.8. The Hall–Kier alpha value is -5.52. The SMILES string of the molecule is CC(C)(C)CC(C)(C)c1ccc(OCCOCC[N+](C)(C)Cc2ccccc2)cc1.CC(C)(C)CC(C)(C)c1ccc(OCCOCC[N+](C)(C)Cc2ccccc2)cc1.CC(C)(C)CC(C)(C)c1ccc(OCCOCC[N+](C)(C)Cc2ccccc2)cc1. The van der Waals surface area contributed by atoms with E-state index in [1.165, 1.54) is 33.4 Å². The monoisotopic (exact) mass is 1240 g/mol. The fourth-order valence-electron chi connectivity index (χ4n) is 12.7. The third kappa shape index (κ3) is 32.7. The van der Waals surface area contributed by atoms with Gasteiger partial charge in [-0.1, -0.05) is 231 Å². The summed E-state index contributed by atoms with van der Waals surface area (Å²) in [5.41, 5.74) is 9.57. The predicted molar refractivity (Wildman–Crippen MR) is 381 cm³/mol. The molecule has 6 aromatic rings. The zero-order valence-corrected chi connectivity index (χ0v) is 60.6. The molecule has 0 unspecified atom stereocenters. The van der Waals surface area contributed by atoms with Crippen molar-refractivity contribution in [2.45, 2.75) is 159 Å². The van der Waals surface area contributed by atoms with E-state index in [1.54, 1.807) is 0 Å². The van der Waals surface area contributed by atoms with Gasteiger partial charge in [-0.15, -0.1) is 0 Å². The molecule has 0 bridgehead atoms. The normalized spacial score (nSPS) is 12.8. The summed E-state index contributed by atoms with van der Waals surface area (Å²) in [7, 11) is 13.5. The lowest BCUT2D eigenvalue weighted by Crippen LogP contribution is -2.41. The first-order valence-corrected chi connectivity index (χ1v) is 33.4. The van der Waals surface area contributed by atoms with E-state index in [9.17, 15) is 0 Å². The molecule has 0 heterocycles. The number of quaternary nitrogens is 3. The Morgan fingerprint density at radius 1 is 0.256 bits per heavy atom. The van der Waals surface area contributed by atoms with Gasteiger partial charge in [-0.25, -0.2) is 0 Å². The molecule has 9 nitrogen and oxygen atoms in total. The average Bonchev–Trinajstić information content (AvgIpc) is 1.31. The van der Waals surface area contributed by atoms with Crippen LogP contribution in [0.15, 0.2) is 164 Å². The van der Waals surface area contributed by atoms with Crippen molar-refractivity contribution in [1.82, 2.24) is 0 Å². The van der Waals surface area contributed by atoms with E-state index < -0.39 is 0 Å². The number of rotatable bonds is 33. The van der Waals surface area contributed by atoms with Crippen LogP contribution in [0.4, 0.5) is 0 Å². The van der Waals surface area contributed by atoms with Crippen molar-refractivity contribution in [1.29, 1.82) is 0 Å². The van der Waals surface area contributed by atoms with E-state index in [2.05, 4.69) is 310 Å². The van der Waals surface area contributed by atoms with Crippen molar-refractivity contribution in [3.05, 3.63) is 197 Å². The quantitative estimate of drug-likeness (QED) is 0.0302. The molecule has 6 rings (SSSR count). The first-order chi connectivity index (χ1) is 41.9. The Bertz CT molecular complexity index is 2540. The second kappa shape index (κ2) is 35.5. The summed E-state index contributed by atoms with van der Waals surface area (Å²) in [6, 6.07) is 57.6. The summed E-state index contributed by atoms with van der Waals surface area (Å²) in [4.78, 5) is 0. The Balaban J connectivity index is 0.000000288. The number of hydrogen-bond acceptors (Lipinski definition) is 6. The van der Waals surface area contributed by atoms with Crippen LogP contribution in [0.3, 0.4) is 0 Å². The predicted octanol–water partition coefficient (Wildman–Crippen LogP) is 18.2. The Morgan fingerprint density at radius 3 is 0.667 bits per heavy atom. The molecule has 0 saturated carbocycles. The van der Waals surface area contributed by atoms with Crippen LogP contribution in [-0.2, 0) is 50.1 Å². The van der Waals surface area contributed by atoms with Crippen molar-refractivity contribution in [3.8, 4) is 17.2 Å². The van der Waals surface area contributed by atoms with Crippen LogP contribution >= 0.6 is 0 Å². The van der Waals surface area contributed by atoms with Crippen molar-refractivity contribution in [2.24, 2.45) is 16.2 Å². The minimum atomic E-state index is 0.157. The molecular weight excluding hydrogens is 1110 g/mol. The molecule has 0 aromatic heterocycles. The Kier molecular flexibility index (Phi) is 30.3. The van der Waals surface area contributed by atoms with Gasteiger partial charge in [0.05, 0.1) is 81.9 Å². The van der Waals surface area contributed by atoms with Crippen LogP contribution in [0.5, 0.6) is 17.2 Å². The maximum absolute atomic E-state index is 5.87. The first kappa shape index (κ1) is 76.9. The molecule has 6 aromatic carbocycles. The van der Waals surface area contributed by atoms with Crippen LogP contribution < -0.4 is 14.2 Å². The van der Waals surface area contributed by atoms with Gasteiger partial charge in [-0.05, 0) is 105 Å². The van der Waals surface area contributed by atoms with Crippen LogP contribution in [-0.4, -0.2) is 135 Å². The summed E-state index contributed by atoms with van der Waals surface area (Å²) in [6.07, 6.45) is 3.44. The van der Waals surface area contributed by atoms with Crippen LogP contribution in [0, 0.1) is 16.2 Å². The van der Waals surface area contributed by atoms with E-state index in [0.717, 1.165) is 109 Å². The lowest BCUT2D eigenvalue weighted by atomic mass is 9.72. The molecule has 0 N–H and O–H groups in total. The topological polar surface area (TPSA) is 55.4 Å². The zero-order valence-electron chi connectivity index (χ0n) is 60.6. The van der Waals surface area contributed by atoms with Gasteiger partial charge in [-0.2, -0.15) is 0 Å². The standard InChI is InChI=1S/3C27H42NO2/c3*1-26(2,3)22-27(4,5)24-13-15-25(16-14-24)30-20-19-29-18-17-28(6,7)21-23-11-9-8-10-12-23/h3*8-16H,17-22H2,1-7H3/q3*+1. The third-order valence-corrected chi connectivity index (χ3v) is 16.2. The van der Waals surface area contributed by atoms with Crippen LogP contribution in [0.25, 0.3) is 0 Å². The first-order valence-electron chi connectivity index (χ1n) is 33.4. The molecule has 498 valence electrons. The zero-order chi connectivity index (χ0) is 66.8. The summed E-state index contributed by atoms with van der Waals surface area (Å²) >= 11 is 0. The van der Waals surface area contributed by atoms with Gasteiger partial charge in [0.15, 0.2) is 0 Å². The number of hydrogen-bond donors (Lipinski definition) is 0. The van der Waals surface area contributed by atoms with Crippen molar-refractivity contribution in [2.75, 3.05) is 121 Å². The summed E-state index contributed by atoms with van der Waals surface area (Å²) in [5.74, 6) is 2.73. The lowest BCUT2D eigenvalue weighted by molar-refractivity contribution is -0.904. The van der Waals surface area contributed by atoms with E-state index in [-0.39, 0.29) is 16.2 Å². The summed E-state index contributed by atoms with van der Waals surface area (Å²) in [5, 5.41) is 0. The van der Waals surface area contributed by atoms with Gasteiger partial charge in [0.1, 0.15) is 76.3 Å². The fraction of sp³-hybridized carbons (Fsp3) is 0.556. The highest BCUT2D eigenvalue weighted by Gasteiger charge is 2.30. The molecule has 0 fully saturated rings. The maximum Gasteiger partial charge on any atom is 0.119 e. The van der Waals surface area contributed by atoms with Gasteiger partial charge in [0.2, 0.25) is 0 Å².